The first-order chi connectivity index (χ1) is 10.8. The van der Waals surface area contributed by atoms with Gasteiger partial charge in [0.2, 0.25) is 0 Å². The molecule has 110 valence electrons. The van der Waals surface area contributed by atoms with Crippen molar-refractivity contribution in [1.82, 2.24) is 0 Å². The molecule has 0 fully saturated rings. The summed E-state index contributed by atoms with van der Waals surface area (Å²) in [5.41, 5.74) is 5.20. The highest BCUT2D eigenvalue weighted by molar-refractivity contribution is 6.12. The Morgan fingerprint density at radius 1 is 0.909 bits per heavy atom. The van der Waals surface area contributed by atoms with Gasteiger partial charge in [-0.25, -0.2) is 0 Å². The van der Waals surface area contributed by atoms with E-state index in [1.165, 1.54) is 41.8 Å². The van der Waals surface area contributed by atoms with Crippen molar-refractivity contribution < 1.29 is 0 Å². The van der Waals surface area contributed by atoms with Crippen molar-refractivity contribution in [1.29, 1.82) is 0 Å². The summed E-state index contributed by atoms with van der Waals surface area (Å²) in [6, 6.07) is 16.4. The highest BCUT2D eigenvalue weighted by Crippen LogP contribution is 2.57. The zero-order valence-electron chi connectivity index (χ0n) is 13.4. The van der Waals surface area contributed by atoms with Crippen molar-refractivity contribution in [2.45, 2.75) is 50.9 Å². The van der Waals surface area contributed by atoms with Gasteiger partial charge in [0.05, 0.1) is 0 Å². The lowest BCUT2D eigenvalue weighted by Crippen LogP contribution is -2.35. The summed E-state index contributed by atoms with van der Waals surface area (Å²) in [5.74, 6) is 0.757. The number of benzene rings is 3. The van der Waals surface area contributed by atoms with Crippen LogP contribution in [0.25, 0.3) is 21.5 Å². The molecule has 3 aromatic carbocycles. The predicted octanol–water partition coefficient (Wildman–Crippen LogP) is 6.29. The minimum atomic E-state index is 0.267. The van der Waals surface area contributed by atoms with Crippen LogP contribution in [0.2, 0.25) is 0 Å². The Morgan fingerprint density at radius 2 is 1.68 bits per heavy atom. The number of hydrogen-bond donors (Lipinski definition) is 0. The molecule has 0 nitrogen and oxygen atoms in total. The van der Waals surface area contributed by atoms with Crippen molar-refractivity contribution >= 4 is 21.5 Å². The second-order valence-electron chi connectivity index (χ2n) is 7.17. The summed E-state index contributed by atoms with van der Waals surface area (Å²) < 4.78 is 0. The summed E-state index contributed by atoms with van der Waals surface area (Å²) in [4.78, 5) is 0. The van der Waals surface area contributed by atoms with E-state index in [-0.39, 0.29) is 5.41 Å². The minimum Gasteiger partial charge on any atom is -0.0648 e. The van der Waals surface area contributed by atoms with E-state index in [0.29, 0.717) is 0 Å². The molecule has 0 amide bonds. The van der Waals surface area contributed by atoms with Crippen LogP contribution in [0.1, 0.15) is 62.1 Å². The largest absolute Gasteiger partial charge is 0.0648 e. The molecular weight excluding hydrogens is 264 g/mol. The van der Waals surface area contributed by atoms with Crippen LogP contribution in [0.5, 0.6) is 0 Å². The van der Waals surface area contributed by atoms with E-state index < -0.39 is 0 Å². The molecule has 0 saturated carbocycles. The van der Waals surface area contributed by atoms with Crippen molar-refractivity contribution in [3.8, 4) is 0 Å². The standard InChI is InChI=1S/C22H22/c1-3-14-11-12-22(4-2)19-10-9-16-15-7-5-6-8-17(15)20(22)13-18(16)21(14)19/h5-10,13-14H,3-4,11-12H2,1-2H3. The maximum absolute atomic E-state index is 2.55. The third-order valence-corrected chi connectivity index (χ3v) is 6.54. The van der Waals surface area contributed by atoms with Gasteiger partial charge in [0.15, 0.2) is 0 Å². The summed E-state index contributed by atoms with van der Waals surface area (Å²) in [6.07, 6.45) is 5.16. The van der Waals surface area contributed by atoms with Gasteiger partial charge in [-0.1, -0.05) is 50.2 Å². The molecule has 22 heavy (non-hydrogen) atoms. The molecule has 2 aliphatic rings. The van der Waals surface area contributed by atoms with Gasteiger partial charge in [0.1, 0.15) is 0 Å². The first-order valence-corrected chi connectivity index (χ1v) is 8.79. The number of fused-ring (bicyclic) bond motifs is 5. The maximum Gasteiger partial charge on any atom is 0.0209 e. The molecule has 0 spiro atoms. The van der Waals surface area contributed by atoms with Gasteiger partial charge in [-0.3, -0.25) is 0 Å². The van der Waals surface area contributed by atoms with Gasteiger partial charge in [-0.05, 0) is 75.9 Å². The van der Waals surface area contributed by atoms with Gasteiger partial charge in [-0.15, -0.1) is 0 Å². The van der Waals surface area contributed by atoms with Crippen LogP contribution >= 0.6 is 0 Å². The Kier molecular flexibility index (Phi) is 2.38. The van der Waals surface area contributed by atoms with Crippen molar-refractivity contribution in [3.63, 3.8) is 0 Å². The lowest BCUT2D eigenvalue weighted by Gasteiger charge is -2.46. The molecule has 5 bridgehead atoms. The first kappa shape index (κ1) is 12.7. The Bertz CT molecular complexity index is 918. The molecule has 0 aliphatic heterocycles. The van der Waals surface area contributed by atoms with Crippen LogP contribution < -0.4 is 0 Å². The summed E-state index contributed by atoms with van der Waals surface area (Å²) in [5, 5.41) is 5.95. The predicted molar refractivity (Wildman–Crippen MR) is 94.8 cm³/mol. The van der Waals surface area contributed by atoms with Crippen molar-refractivity contribution in [2.24, 2.45) is 0 Å². The van der Waals surface area contributed by atoms with E-state index in [0.717, 1.165) is 5.92 Å². The van der Waals surface area contributed by atoms with Gasteiger partial charge >= 0.3 is 0 Å². The van der Waals surface area contributed by atoms with E-state index in [2.05, 4.69) is 56.3 Å². The van der Waals surface area contributed by atoms with Crippen LogP contribution in [-0.2, 0) is 5.41 Å². The number of rotatable bonds is 2. The minimum absolute atomic E-state index is 0.267. The molecule has 5 rings (SSSR count). The molecule has 2 unspecified atom stereocenters. The molecule has 3 aromatic rings. The topological polar surface area (TPSA) is 0 Å². The average Bonchev–Trinajstić information content (AvgIpc) is 2.57. The third-order valence-electron chi connectivity index (χ3n) is 6.54. The van der Waals surface area contributed by atoms with E-state index in [1.807, 2.05) is 0 Å². The van der Waals surface area contributed by atoms with E-state index in [4.69, 9.17) is 0 Å². The lowest BCUT2D eigenvalue weighted by atomic mass is 9.57. The molecule has 0 heteroatoms. The molecule has 2 aliphatic carbocycles. The Balaban J connectivity index is 2.07. The summed E-state index contributed by atoms with van der Waals surface area (Å²) in [6.45, 7) is 4.74. The highest BCUT2D eigenvalue weighted by Gasteiger charge is 2.44. The third kappa shape index (κ3) is 1.26. The average molecular weight is 286 g/mol. The molecule has 0 radical (unpaired) electrons. The molecule has 0 N–H and O–H groups in total. The zero-order chi connectivity index (χ0) is 14.9. The van der Waals surface area contributed by atoms with Crippen molar-refractivity contribution in [3.05, 3.63) is 59.2 Å². The van der Waals surface area contributed by atoms with Gasteiger partial charge in [0.25, 0.3) is 0 Å². The van der Waals surface area contributed by atoms with Crippen LogP contribution in [0.15, 0.2) is 42.5 Å². The fourth-order valence-electron chi connectivity index (χ4n) is 5.40. The molecule has 2 atom stereocenters. The highest BCUT2D eigenvalue weighted by atomic mass is 14.5. The molecule has 0 aromatic heterocycles. The van der Waals surface area contributed by atoms with Crippen LogP contribution in [0, 0.1) is 0 Å². The first-order valence-electron chi connectivity index (χ1n) is 8.79. The lowest BCUT2D eigenvalue weighted by molar-refractivity contribution is 0.376. The van der Waals surface area contributed by atoms with E-state index in [1.54, 1.807) is 22.1 Å². The normalized spacial score (nSPS) is 25.5. The van der Waals surface area contributed by atoms with Crippen molar-refractivity contribution in [2.75, 3.05) is 0 Å². The van der Waals surface area contributed by atoms with Gasteiger partial charge in [-0.2, -0.15) is 0 Å². The fraction of sp³-hybridized carbons (Fsp3) is 0.364. The fourth-order valence-corrected chi connectivity index (χ4v) is 5.40. The molecule has 0 saturated heterocycles. The van der Waals surface area contributed by atoms with Gasteiger partial charge in [0, 0.05) is 5.41 Å². The van der Waals surface area contributed by atoms with E-state index in [9.17, 15) is 0 Å². The maximum atomic E-state index is 2.55. The van der Waals surface area contributed by atoms with Crippen LogP contribution in [0.4, 0.5) is 0 Å². The number of hydrogen-bond acceptors (Lipinski definition) is 0. The quantitative estimate of drug-likeness (QED) is 0.486. The SMILES string of the molecule is CCC1CCC2(CC)c3ccc4c(cc2c2ccccc24)c31. The second kappa shape index (κ2) is 4.13. The second-order valence-corrected chi connectivity index (χ2v) is 7.17. The van der Waals surface area contributed by atoms with Crippen LogP contribution in [-0.4, -0.2) is 0 Å². The van der Waals surface area contributed by atoms with Crippen LogP contribution in [0.3, 0.4) is 0 Å². The van der Waals surface area contributed by atoms with Gasteiger partial charge < -0.3 is 0 Å². The zero-order valence-corrected chi connectivity index (χ0v) is 13.4. The van der Waals surface area contributed by atoms with E-state index >= 15 is 0 Å². The smallest absolute Gasteiger partial charge is 0.0209 e. The Hall–Kier alpha value is -1.82. The molecular formula is C22H22. The summed E-state index contributed by atoms with van der Waals surface area (Å²) in [7, 11) is 0. The Morgan fingerprint density at radius 3 is 2.45 bits per heavy atom. The Labute approximate surface area is 132 Å². The molecule has 0 heterocycles. The summed E-state index contributed by atoms with van der Waals surface area (Å²) >= 11 is 0. The monoisotopic (exact) mass is 286 g/mol.